The minimum Gasteiger partial charge on any atom is -0.354 e. The maximum atomic E-state index is 14.2. The second-order valence-electron chi connectivity index (χ2n) is 16.3. The van der Waals surface area contributed by atoms with Crippen molar-refractivity contribution in [1.29, 1.82) is 0 Å². The number of rotatable bonds is 13. The summed E-state index contributed by atoms with van der Waals surface area (Å²) in [6.07, 6.45) is 12.4. The molecule has 9 nitrogen and oxygen atoms in total. The van der Waals surface area contributed by atoms with Crippen molar-refractivity contribution >= 4 is 23.6 Å². The zero-order valence-corrected chi connectivity index (χ0v) is 30.7. The molecule has 9 heteroatoms. The van der Waals surface area contributed by atoms with Gasteiger partial charge in [-0.15, -0.1) is 0 Å². The van der Waals surface area contributed by atoms with Crippen LogP contribution in [-0.4, -0.2) is 95.2 Å². The van der Waals surface area contributed by atoms with Crippen LogP contribution in [0.1, 0.15) is 132 Å². The smallest absolute Gasteiger partial charge is 0.245 e. The molecule has 2 aliphatic heterocycles. The Kier molecular flexibility index (Phi) is 14.4. The molecule has 0 radical (unpaired) electrons. The van der Waals surface area contributed by atoms with Gasteiger partial charge in [-0.05, 0) is 76.2 Å². The second kappa shape index (κ2) is 17.3. The lowest BCUT2D eigenvalue weighted by atomic mass is 9.84. The van der Waals surface area contributed by atoms with E-state index in [0.717, 1.165) is 38.6 Å². The zero-order chi connectivity index (χ0) is 34.2. The van der Waals surface area contributed by atoms with Crippen LogP contribution in [0.25, 0.3) is 0 Å². The van der Waals surface area contributed by atoms with E-state index in [9.17, 15) is 19.2 Å². The van der Waals surface area contributed by atoms with E-state index in [4.69, 9.17) is 0 Å². The van der Waals surface area contributed by atoms with E-state index < -0.39 is 17.5 Å². The molecule has 2 heterocycles. The van der Waals surface area contributed by atoms with Crippen LogP contribution in [0.2, 0.25) is 0 Å². The van der Waals surface area contributed by atoms with Crippen molar-refractivity contribution < 1.29 is 19.2 Å². The van der Waals surface area contributed by atoms with Gasteiger partial charge in [0.2, 0.25) is 23.6 Å². The molecule has 1 aliphatic carbocycles. The Labute approximate surface area is 280 Å². The van der Waals surface area contributed by atoms with Crippen molar-refractivity contribution in [3.63, 3.8) is 0 Å². The number of carbonyl (C=O) groups excluding carboxylic acids is 4. The summed E-state index contributed by atoms with van der Waals surface area (Å²) >= 11 is 0. The Morgan fingerprint density at radius 1 is 0.804 bits per heavy atom. The molecule has 4 amide bonds. The highest BCUT2D eigenvalue weighted by Gasteiger charge is 2.42. The standard InChI is InChI=1S/C37H67N5O4/c1-25(2)31(40(9)36(46)32(37(6,7)8)39-34(44)30-18-13-14-22-41(30)26(3)4)24-27(5)35(45)42-23-15-19-29(42)33(43)38-21-20-28-16-11-10-12-17-28/h25-32H,10-24H2,1-9H3,(H,38,43)(H,39,44)/t27?,29-,30?,31+,32?/m0/s1. The normalized spacial score (nSPS) is 23.7. The summed E-state index contributed by atoms with van der Waals surface area (Å²) in [6, 6.07) is -1.26. The van der Waals surface area contributed by atoms with Crippen molar-refractivity contribution in [2.24, 2.45) is 23.2 Å². The first kappa shape index (κ1) is 38.3. The van der Waals surface area contributed by atoms with Crippen LogP contribution < -0.4 is 10.6 Å². The molecule has 5 atom stereocenters. The minimum atomic E-state index is -0.687. The fourth-order valence-electron chi connectivity index (χ4n) is 8.03. The Balaban J connectivity index is 1.64. The van der Waals surface area contributed by atoms with Gasteiger partial charge in [-0.2, -0.15) is 0 Å². The Morgan fingerprint density at radius 3 is 2.04 bits per heavy atom. The number of nitrogens with zero attached hydrogens (tertiary/aromatic N) is 3. The van der Waals surface area contributed by atoms with Crippen LogP contribution in [-0.2, 0) is 19.2 Å². The van der Waals surface area contributed by atoms with Gasteiger partial charge in [0.1, 0.15) is 12.1 Å². The molecule has 3 fully saturated rings. The van der Waals surface area contributed by atoms with E-state index in [-0.39, 0.29) is 53.6 Å². The number of likely N-dealkylation sites (tertiary alicyclic amines) is 2. The number of carbonyl (C=O) groups is 4. The quantitative estimate of drug-likeness (QED) is 0.281. The van der Waals surface area contributed by atoms with Crippen LogP contribution in [0.4, 0.5) is 0 Å². The maximum Gasteiger partial charge on any atom is 0.245 e. The van der Waals surface area contributed by atoms with Crippen LogP contribution in [0.5, 0.6) is 0 Å². The third-order valence-electron chi connectivity index (χ3n) is 11.0. The maximum absolute atomic E-state index is 14.2. The van der Waals surface area contributed by atoms with Crippen molar-refractivity contribution in [3.8, 4) is 0 Å². The first-order valence-corrected chi connectivity index (χ1v) is 18.5. The molecule has 1 saturated carbocycles. The topological polar surface area (TPSA) is 102 Å². The summed E-state index contributed by atoms with van der Waals surface area (Å²) in [7, 11) is 1.81. The molecule has 3 rings (SSSR count). The van der Waals surface area contributed by atoms with Crippen LogP contribution in [0.15, 0.2) is 0 Å². The second-order valence-corrected chi connectivity index (χ2v) is 16.3. The third-order valence-corrected chi connectivity index (χ3v) is 11.0. The van der Waals surface area contributed by atoms with Crippen molar-refractivity contribution in [1.82, 2.24) is 25.3 Å². The molecule has 2 saturated heterocycles. The molecule has 264 valence electrons. The van der Waals surface area contributed by atoms with Crippen molar-refractivity contribution in [3.05, 3.63) is 0 Å². The number of hydrogen-bond acceptors (Lipinski definition) is 5. The average Bonchev–Trinajstić information content (AvgIpc) is 3.51. The predicted octanol–water partition coefficient (Wildman–Crippen LogP) is 5.37. The molecule has 0 aromatic carbocycles. The molecular formula is C37H67N5O4. The summed E-state index contributed by atoms with van der Waals surface area (Å²) in [4.78, 5) is 60.6. The van der Waals surface area contributed by atoms with E-state index in [1.807, 2.05) is 34.7 Å². The highest BCUT2D eigenvalue weighted by Crippen LogP contribution is 2.29. The molecule has 3 unspecified atom stereocenters. The Hall–Kier alpha value is -2.16. The van der Waals surface area contributed by atoms with E-state index >= 15 is 0 Å². The van der Waals surface area contributed by atoms with Gasteiger partial charge >= 0.3 is 0 Å². The summed E-state index contributed by atoms with van der Waals surface area (Å²) in [6.45, 7) is 18.5. The lowest BCUT2D eigenvalue weighted by Crippen LogP contribution is -2.61. The van der Waals surface area contributed by atoms with E-state index in [1.165, 1.54) is 32.1 Å². The highest BCUT2D eigenvalue weighted by molar-refractivity contribution is 5.91. The third kappa shape index (κ3) is 10.2. The fraction of sp³-hybridized carbons (Fsp3) is 0.892. The lowest BCUT2D eigenvalue weighted by Gasteiger charge is -2.41. The van der Waals surface area contributed by atoms with Gasteiger partial charge in [0, 0.05) is 38.1 Å². The zero-order valence-electron chi connectivity index (χ0n) is 30.7. The molecule has 0 spiro atoms. The van der Waals surface area contributed by atoms with Crippen LogP contribution in [0.3, 0.4) is 0 Å². The SMILES string of the molecule is CC(C[C@H](C(C)C)N(C)C(=O)C(NC(=O)C1CCCCN1C(C)C)C(C)(C)C)C(=O)N1CCC[C@H]1C(=O)NCCC1CCCCC1. The Bertz CT molecular complexity index is 1020. The molecular weight excluding hydrogens is 578 g/mol. The minimum absolute atomic E-state index is 0.0109. The van der Waals surface area contributed by atoms with Gasteiger partial charge in [0.15, 0.2) is 0 Å². The summed E-state index contributed by atoms with van der Waals surface area (Å²) in [5.41, 5.74) is -0.492. The lowest BCUT2D eigenvalue weighted by molar-refractivity contribution is -0.145. The van der Waals surface area contributed by atoms with Crippen molar-refractivity contribution in [2.45, 2.75) is 163 Å². The van der Waals surface area contributed by atoms with Crippen LogP contribution in [0, 0.1) is 23.2 Å². The van der Waals surface area contributed by atoms with Gasteiger partial charge in [-0.25, -0.2) is 0 Å². The predicted molar refractivity (Wildman–Crippen MR) is 185 cm³/mol. The number of hydrogen-bond donors (Lipinski definition) is 2. The molecule has 0 aromatic heterocycles. The first-order chi connectivity index (χ1) is 21.6. The Morgan fingerprint density at radius 2 is 1.43 bits per heavy atom. The largest absolute Gasteiger partial charge is 0.354 e. The number of likely N-dealkylation sites (N-methyl/N-ethyl adjacent to an activating group) is 1. The molecule has 2 N–H and O–H groups in total. The summed E-state index contributed by atoms with van der Waals surface area (Å²) in [5, 5.41) is 6.31. The molecule has 0 aromatic rings. The summed E-state index contributed by atoms with van der Waals surface area (Å²) < 4.78 is 0. The van der Waals surface area contributed by atoms with Gasteiger partial charge in [0.05, 0.1) is 6.04 Å². The van der Waals surface area contributed by atoms with Gasteiger partial charge < -0.3 is 20.4 Å². The van der Waals surface area contributed by atoms with E-state index in [2.05, 4.69) is 43.2 Å². The van der Waals surface area contributed by atoms with Crippen LogP contribution >= 0.6 is 0 Å². The molecule has 3 aliphatic rings. The first-order valence-electron chi connectivity index (χ1n) is 18.5. The van der Waals surface area contributed by atoms with E-state index in [1.54, 1.807) is 9.80 Å². The van der Waals surface area contributed by atoms with Gasteiger partial charge in [0.25, 0.3) is 0 Å². The van der Waals surface area contributed by atoms with Gasteiger partial charge in [-0.3, -0.25) is 24.1 Å². The number of nitrogens with one attached hydrogen (secondary N) is 2. The fourth-order valence-corrected chi connectivity index (χ4v) is 8.03. The average molecular weight is 646 g/mol. The van der Waals surface area contributed by atoms with E-state index in [0.29, 0.717) is 31.8 Å². The summed E-state index contributed by atoms with van der Waals surface area (Å²) in [5.74, 6) is 0.230. The number of piperidine rings is 1. The highest BCUT2D eigenvalue weighted by atomic mass is 16.2. The monoisotopic (exact) mass is 646 g/mol. The van der Waals surface area contributed by atoms with Crippen molar-refractivity contribution in [2.75, 3.05) is 26.7 Å². The van der Waals surface area contributed by atoms with Gasteiger partial charge in [-0.1, -0.05) is 80.1 Å². The molecule has 0 bridgehead atoms. The molecule has 46 heavy (non-hydrogen) atoms. The number of amides is 4.